The zero-order chi connectivity index (χ0) is 23.7. The van der Waals surface area contributed by atoms with Crippen LogP contribution in [0.5, 0.6) is 0 Å². The van der Waals surface area contributed by atoms with Gasteiger partial charge in [0.25, 0.3) is 11.8 Å². The van der Waals surface area contributed by atoms with E-state index in [2.05, 4.69) is 42.3 Å². The second-order valence-corrected chi connectivity index (χ2v) is 9.65. The van der Waals surface area contributed by atoms with Crippen molar-refractivity contribution in [3.8, 4) is 0 Å². The number of anilines is 1. The normalized spacial score (nSPS) is 23.8. The third-order valence-electron chi connectivity index (χ3n) is 7.46. The molecular formula is C28H33N3O3. The Bertz CT molecular complexity index is 1100. The molecule has 1 aliphatic carbocycles. The molecule has 2 unspecified atom stereocenters. The average Bonchev–Trinajstić information content (AvgIpc) is 2.86. The highest BCUT2D eigenvalue weighted by Crippen LogP contribution is 2.28. The lowest BCUT2D eigenvalue weighted by atomic mass is 9.91. The lowest BCUT2D eigenvalue weighted by Gasteiger charge is -2.37. The van der Waals surface area contributed by atoms with Crippen molar-refractivity contribution in [2.75, 3.05) is 31.1 Å². The summed E-state index contributed by atoms with van der Waals surface area (Å²) in [5.74, 6) is 0.270. The number of morpholine rings is 1. The minimum absolute atomic E-state index is 0.0523. The highest BCUT2D eigenvalue weighted by molar-refractivity contribution is 5.97. The van der Waals surface area contributed by atoms with Crippen molar-refractivity contribution >= 4 is 23.6 Å². The molecule has 2 atom stereocenters. The van der Waals surface area contributed by atoms with Crippen molar-refractivity contribution in [1.29, 1.82) is 0 Å². The second-order valence-electron chi connectivity index (χ2n) is 9.65. The number of carbonyl (C=O) groups is 2. The monoisotopic (exact) mass is 459 g/mol. The van der Waals surface area contributed by atoms with Crippen LogP contribution in [0.2, 0.25) is 0 Å². The number of amides is 2. The molecule has 0 bridgehead atoms. The molecule has 1 N–H and O–H groups in total. The molecule has 2 aromatic rings. The van der Waals surface area contributed by atoms with Gasteiger partial charge in [-0.2, -0.15) is 0 Å². The number of ether oxygens (including phenoxy) is 1. The highest BCUT2D eigenvalue weighted by atomic mass is 16.5. The molecular weight excluding hydrogens is 426 g/mol. The van der Waals surface area contributed by atoms with E-state index in [1.165, 1.54) is 16.8 Å². The van der Waals surface area contributed by atoms with Crippen molar-refractivity contribution in [3.05, 3.63) is 70.5 Å². The van der Waals surface area contributed by atoms with E-state index >= 15 is 0 Å². The smallest absolute Gasteiger partial charge is 0.286 e. The van der Waals surface area contributed by atoms with Crippen LogP contribution in [0, 0.1) is 13.8 Å². The number of hydrogen-bond donors (Lipinski definition) is 1. The lowest BCUT2D eigenvalue weighted by Crippen LogP contribution is -2.51. The maximum atomic E-state index is 13.1. The minimum Gasteiger partial charge on any atom is -0.483 e. The van der Waals surface area contributed by atoms with E-state index in [0.717, 1.165) is 44.3 Å². The van der Waals surface area contributed by atoms with Gasteiger partial charge in [0.1, 0.15) is 6.10 Å². The molecule has 3 aliphatic rings. The van der Waals surface area contributed by atoms with Gasteiger partial charge in [-0.15, -0.1) is 0 Å². The van der Waals surface area contributed by atoms with Gasteiger partial charge in [-0.3, -0.25) is 9.59 Å². The summed E-state index contributed by atoms with van der Waals surface area (Å²) in [5, 5.41) is 3.09. The van der Waals surface area contributed by atoms with Crippen LogP contribution in [0.3, 0.4) is 0 Å². The van der Waals surface area contributed by atoms with Crippen molar-refractivity contribution in [3.63, 3.8) is 0 Å². The minimum atomic E-state index is -0.148. The molecule has 1 saturated carbocycles. The summed E-state index contributed by atoms with van der Waals surface area (Å²) in [5.41, 5.74) is 5.39. The molecule has 0 aromatic heterocycles. The number of hydrogen-bond acceptors (Lipinski definition) is 4. The Morgan fingerprint density at radius 2 is 1.74 bits per heavy atom. The molecule has 178 valence electrons. The van der Waals surface area contributed by atoms with E-state index in [1.807, 2.05) is 29.2 Å². The number of carbonyl (C=O) groups excluding carboxylic acids is 2. The van der Waals surface area contributed by atoms with E-state index in [-0.39, 0.29) is 24.0 Å². The van der Waals surface area contributed by atoms with Crippen LogP contribution in [0.25, 0.3) is 6.08 Å². The van der Waals surface area contributed by atoms with E-state index in [9.17, 15) is 9.59 Å². The number of fused-ring (bicyclic) bond motifs is 1. The molecule has 6 heteroatoms. The first-order valence-corrected chi connectivity index (χ1v) is 12.4. The van der Waals surface area contributed by atoms with E-state index in [1.54, 1.807) is 6.08 Å². The van der Waals surface area contributed by atoms with E-state index < -0.39 is 0 Å². The van der Waals surface area contributed by atoms with Gasteiger partial charge in [-0.25, -0.2) is 0 Å². The summed E-state index contributed by atoms with van der Waals surface area (Å²) in [6, 6.07) is 14.0. The summed E-state index contributed by atoms with van der Waals surface area (Å²) >= 11 is 0. The first kappa shape index (κ1) is 22.5. The van der Waals surface area contributed by atoms with Crippen molar-refractivity contribution < 1.29 is 14.3 Å². The zero-order valence-corrected chi connectivity index (χ0v) is 20.0. The molecule has 3 fully saturated rings. The van der Waals surface area contributed by atoms with Crippen LogP contribution in [0.1, 0.15) is 52.7 Å². The van der Waals surface area contributed by atoms with Gasteiger partial charge in [-0.1, -0.05) is 30.7 Å². The molecule has 0 spiro atoms. The number of aryl methyl sites for hydroxylation is 1. The quantitative estimate of drug-likeness (QED) is 0.703. The Hall–Kier alpha value is -3.28. The average molecular weight is 460 g/mol. The number of benzene rings is 2. The van der Waals surface area contributed by atoms with Crippen LogP contribution in [0.4, 0.5) is 5.69 Å². The summed E-state index contributed by atoms with van der Waals surface area (Å²) in [7, 11) is 0. The maximum Gasteiger partial charge on any atom is 0.286 e. The third kappa shape index (κ3) is 4.54. The Balaban J connectivity index is 1.21. The third-order valence-corrected chi connectivity index (χ3v) is 7.46. The van der Waals surface area contributed by atoms with Gasteiger partial charge in [0, 0.05) is 37.4 Å². The topological polar surface area (TPSA) is 61.9 Å². The number of nitrogens with one attached hydrogen (secondary N) is 1. The van der Waals surface area contributed by atoms with Gasteiger partial charge in [0.15, 0.2) is 5.76 Å². The fourth-order valence-corrected chi connectivity index (χ4v) is 5.24. The van der Waals surface area contributed by atoms with Crippen LogP contribution in [-0.2, 0) is 9.53 Å². The first-order chi connectivity index (χ1) is 16.5. The lowest BCUT2D eigenvalue weighted by molar-refractivity contribution is -0.129. The summed E-state index contributed by atoms with van der Waals surface area (Å²) in [4.78, 5) is 29.8. The van der Waals surface area contributed by atoms with Crippen LogP contribution >= 0.6 is 0 Å². The van der Waals surface area contributed by atoms with Gasteiger partial charge < -0.3 is 19.9 Å². The number of nitrogens with zero attached hydrogens (tertiary/aromatic N) is 2. The molecule has 34 heavy (non-hydrogen) atoms. The van der Waals surface area contributed by atoms with Crippen molar-refractivity contribution in [1.82, 2.24) is 10.2 Å². The maximum absolute atomic E-state index is 13.1. The molecule has 2 saturated heterocycles. The number of rotatable bonds is 3. The second kappa shape index (κ2) is 9.53. The Morgan fingerprint density at radius 1 is 1.00 bits per heavy atom. The Labute approximate surface area is 201 Å². The fourth-order valence-electron chi connectivity index (χ4n) is 5.24. The van der Waals surface area contributed by atoms with Gasteiger partial charge in [0.2, 0.25) is 0 Å². The predicted octanol–water partition coefficient (Wildman–Crippen LogP) is 4.06. The van der Waals surface area contributed by atoms with Gasteiger partial charge in [-0.05, 0) is 74.1 Å². The molecule has 2 aliphatic heterocycles. The standard InChI is InChI=1S/C28H33N3O3/c1-19-6-5-8-24(20(19)2)30-14-16-31(17-15-30)28(33)22-12-10-21(11-13-22)18-26-27(32)29-23-7-3-4-9-25(23)34-26/h5-6,8,10-13,18,23,25H,3-4,7,9,14-17H2,1-2H3,(H,29,32)/b26-18-. The largest absolute Gasteiger partial charge is 0.483 e. The van der Waals surface area contributed by atoms with Crippen molar-refractivity contribution in [2.24, 2.45) is 0 Å². The first-order valence-electron chi connectivity index (χ1n) is 12.4. The van der Waals surface area contributed by atoms with Crippen LogP contribution < -0.4 is 10.2 Å². The number of piperazine rings is 1. The summed E-state index contributed by atoms with van der Waals surface area (Å²) in [6.45, 7) is 7.36. The van der Waals surface area contributed by atoms with Gasteiger partial charge >= 0.3 is 0 Å². The molecule has 0 radical (unpaired) electrons. The van der Waals surface area contributed by atoms with Crippen molar-refractivity contribution in [2.45, 2.75) is 51.7 Å². The fraction of sp³-hybridized carbons (Fsp3) is 0.429. The molecule has 2 aromatic carbocycles. The zero-order valence-electron chi connectivity index (χ0n) is 20.0. The van der Waals surface area contributed by atoms with Crippen LogP contribution in [0.15, 0.2) is 48.2 Å². The van der Waals surface area contributed by atoms with Gasteiger partial charge in [0.05, 0.1) is 6.04 Å². The summed E-state index contributed by atoms with van der Waals surface area (Å²) in [6.07, 6.45) is 6.09. The highest BCUT2D eigenvalue weighted by Gasteiger charge is 2.35. The molecule has 2 amide bonds. The Morgan fingerprint density at radius 3 is 2.50 bits per heavy atom. The molecule has 5 rings (SSSR count). The van der Waals surface area contributed by atoms with E-state index in [4.69, 9.17) is 4.74 Å². The SMILES string of the molecule is Cc1cccc(N2CCN(C(=O)c3ccc(/C=C4\OC5CCCCC5NC4=O)cc3)CC2)c1C. The molecule has 6 nitrogen and oxygen atoms in total. The summed E-state index contributed by atoms with van der Waals surface area (Å²) < 4.78 is 6.01. The Kier molecular flexibility index (Phi) is 6.31. The van der Waals surface area contributed by atoms with Crippen LogP contribution in [-0.4, -0.2) is 55.0 Å². The predicted molar refractivity (Wildman–Crippen MR) is 134 cm³/mol. The van der Waals surface area contributed by atoms with E-state index in [0.29, 0.717) is 24.4 Å². The molecule has 2 heterocycles.